The zero-order valence-corrected chi connectivity index (χ0v) is 16.5. The van der Waals surface area contributed by atoms with Crippen molar-refractivity contribution in [3.05, 3.63) is 74.8 Å². The summed E-state index contributed by atoms with van der Waals surface area (Å²) in [6, 6.07) is 10.5. The second-order valence-electron chi connectivity index (χ2n) is 6.64. The molecule has 0 heterocycles. The molecule has 2 rings (SSSR count). The van der Waals surface area contributed by atoms with E-state index in [0.717, 1.165) is 6.07 Å². The molecule has 2 amide bonds. The highest BCUT2D eigenvalue weighted by atomic mass is 19.4. The lowest BCUT2D eigenvalue weighted by atomic mass is 10.1. The summed E-state index contributed by atoms with van der Waals surface area (Å²) >= 11 is 0. The zero-order chi connectivity index (χ0) is 23.0. The standard InChI is InChI=1S/C20H20F3N3O5/c1-13-2-7-16(8-17(13)26(29)30)19(28)25-10-18(27)24-9-14-3-5-15(6-4-14)11-31-12-20(21,22)23/h2-8H,9-12H2,1H3,(H,24,27)(H,25,28). The number of rotatable bonds is 9. The van der Waals surface area contributed by atoms with Gasteiger partial charge in [-0.25, -0.2) is 0 Å². The predicted octanol–water partition coefficient (Wildman–Crippen LogP) is 3.03. The van der Waals surface area contributed by atoms with Crippen LogP contribution in [0.25, 0.3) is 0 Å². The minimum Gasteiger partial charge on any atom is -0.367 e. The van der Waals surface area contributed by atoms with Gasteiger partial charge < -0.3 is 15.4 Å². The second kappa shape index (κ2) is 10.5. The molecule has 0 aliphatic carbocycles. The third-order valence-corrected chi connectivity index (χ3v) is 4.12. The predicted molar refractivity (Wildman–Crippen MR) is 104 cm³/mol. The largest absolute Gasteiger partial charge is 0.411 e. The maximum absolute atomic E-state index is 12.1. The first-order valence-corrected chi connectivity index (χ1v) is 9.07. The average Bonchev–Trinajstić information content (AvgIpc) is 2.70. The van der Waals surface area contributed by atoms with Crippen molar-refractivity contribution in [3.63, 3.8) is 0 Å². The third kappa shape index (κ3) is 8.05. The molecule has 0 aliphatic rings. The van der Waals surface area contributed by atoms with Crippen molar-refractivity contribution in [2.75, 3.05) is 13.2 Å². The van der Waals surface area contributed by atoms with Gasteiger partial charge in [0.25, 0.3) is 11.6 Å². The molecular formula is C20H20F3N3O5. The normalized spacial score (nSPS) is 11.1. The molecule has 0 spiro atoms. The van der Waals surface area contributed by atoms with E-state index in [-0.39, 0.29) is 30.9 Å². The monoisotopic (exact) mass is 439 g/mol. The molecular weight excluding hydrogens is 419 g/mol. The summed E-state index contributed by atoms with van der Waals surface area (Å²) in [6.07, 6.45) is -4.38. The minimum absolute atomic E-state index is 0.0634. The number of nitrogens with one attached hydrogen (secondary N) is 2. The molecule has 0 radical (unpaired) electrons. The Morgan fingerprint density at radius 2 is 1.71 bits per heavy atom. The lowest BCUT2D eigenvalue weighted by Crippen LogP contribution is -2.36. The van der Waals surface area contributed by atoms with Crippen LogP contribution in [0.2, 0.25) is 0 Å². The Labute approximate surface area is 175 Å². The van der Waals surface area contributed by atoms with Gasteiger partial charge in [0.2, 0.25) is 5.91 Å². The van der Waals surface area contributed by atoms with Crippen LogP contribution in [0.5, 0.6) is 0 Å². The van der Waals surface area contributed by atoms with E-state index in [1.165, 1.54) is 12.1 Å². The van der Waals surface area contributed by atoms with Crippen LogP contribution in [0.1, 0.15) is 27.0 Å². The molecule has 8 nitrogen and oxygen atoms in total. The van der Waals surface area contributed by atoms with Crippen LogP contribution in [0, 0.1) is 17.0 Å². The number of alkyl halides is 3. The molecule has 0 atom stereocenters. The van der Waals surface area contributed by atoms with Gasteiger partial charge in [0.1, 0.15) is 6.61 Å². The van der Waals surface area contributed by atoms with Gasteiger partial charge in [-0.15, -0.1) is 0 Å². The first-order valence-electron chi connectivity index (χ1n) is 9.07. The Morgan fingerprint density at radius 1 is 1.06 bits per heavy atom. The fourth-order valence-corrected chi connectivity index (χ4v) is 2.51. The number of hydrogen-bond acceptors (Lipinski definition) is 5. The fourth-order valence-electron chi connectivity index (χ4n) is 2.51. The molecule has 166 valence electrons. The Hall–Kier alpha value is -3.47. The quantitative estimate of drug-likeness (QED) is 0.461. The number of halogens is 3. The summed E-state index contributed by atoms with van der Waals surface area (Å²) in [5, 5.41) is 15.9. The second-order valence-corrected chi connectivity index (χ2v) is 6.64. The number of carbonyl (C=O) groups is 2. The van der Waals surface area contributed by atoms with Crippen molar-refractivity contribution in [1.82, 2.24) is 10.6 Å². The highest BCUT2D eigenvalue weighted by molar-refractivity contribution is 5.97. The van der Waals surface area contributed by atoms with Gasteiger partial charge in [0, 0.05) is 23.7 Å². The van der Waals surface area contributed by atoms with Crippen molar-refractivity contribution in [2.45, 2.75) is 26.3 Å². The maximum atomic E-state index is 12.1. The summed E-state index contributed by atoms with van der Waals surface area (Å²) in [7, 11) is 0. The number of ether oxygens (including phenoxy) is 1. The van der Waals surface area contributed by atoms with E-state index in [9.17, 15) is 32.9 Å². The van der Waals surface area contributed by atoms with Gasteiger partial charge >= 0.3 is 6.18 Å². The van der Waals surface area contributed by atoms with Gasteiger partial charge in [-0.2, -0.15) is 13.2 Å². The summed E-state index contributed by atoms with van der Waals surface area (Å²) in [5.74, 6) is -1.10. The Balaban J connectivity index is 1.77. The minimum atomic E-state index is -4.38. The number of aryl methyl sites for hydroxylation is 1. The van der Waals surface area contributed by atoms with Gasteiger partial charge in [0.05, 0.1) is 18.1 Å². The molecule has 0 saturated heterocycles. The Bertz CT molecular complexity index is 946. The van der Waals surface area contributed by atoms with E-state index < -0.39 is 29.5 Å². The van der Waals surface area contributed by atoms with Crippen molar-refractivity contribution >= 4 is 17.5 Å². The van der Waals surface area contributed by atoms with Crippen LogP contribution in [-0.2, 0) is 22.7 Å². The molecule has 0 unspecified atom stereocenters. The number of hydrogen-bond donors (Lipinski definition) is 2. The van der Waals surface area contributed by atoms with E-state index in [2.05, 4.69) is 15.4 Å². The number of nitrogens with zero attached hydrogens (tertiary/aromatic N) is 1. The Morgan fingerprint density at radius 3 is 2.32 bits per heavy atom. The van der Waals surface area contributed by atoms with Crippen LogP contribution in [0.15, 0.2) is 42.5 Å². The Kier molecular flexibility index (Phi) is 8.08. The van der Waals surface area contributed by atoms with Crippen LogP contribution in [0.3, 0.4) is 0 Å². The number of carbonyl (C=O) groups excluding carboxylic acids is 2. The van der Waals surface area contributed by atoms with Crippen LogP contribution < -0.4 is 10.6 Å². The smallest absolute Gasteiger partial charge is 0.367 e. The summed E-state index contributed by atoms with van der Waals surface area (Å²) in [5.41, 5.74) is 1.54. The lowest BCUT2D eigenvalue weighted by Gasteiger charge is -2.09. The third-order valence-electron chi connectivity index (χ3n) is 4.12. The first-order chi connectivity index (χ1) is 14.5. The first kappa shape index (κ1) is 23.8. The van der Waals surface area contributed by atoms with E-state index in [4.69, 9.17) is 0 Å². The number of amides is 2. The molecule has 2 aromatic rings. The van der Waals surface area contributed by atoms with E-state index in [1.54, 1.807) is 31.2 Å². The number of benzene rings is 2. The van der Waals surface area contributed by atoms with Crippen LogP contribution >= 0.6 is 0 Å². The maximum Gasteiger partial charge on any atom is 0.411 e. The molecule has 0 fully saturated rings. The lowest BCUT2D eigenvalue weighted by molar-refractivity contribution is -0.385. The van der Waals surface area contributed by atoms with Crippen molar-refractivity contribution in [1.29, 1.82) is 0 Å². The fraction of sp³-hybridized carbons (Fsp3) is 0.300. The number of nitro groups is 1. The number of nitro benzene ring substituents is 1. The van der Waals surface area contributed by atoms with Gasteiger partial charge in [0.15, 0.2) is 0 Å². The molecule has 0 saturated carbocycles. The molecule has 2 aromatic carbocycles. The zero-order valence-electron chi connectivity index (χ0n) is 16.5. The highest BCUT2D eigenvalue weighted by Gasteiger charge is 2.27. The summed E-state index contributed by atoms with van der Waals surface area (Å²) < 4.78 is 40.7. The molecule has 2 N–H and O–H groups in total. The van der Waals surface area contributed by atoms with Gasteiger partial charge in [-0.1, -0.05) is 30.3 Å². The van der Waals surface area contributed by atoms with E-state index in [1.807, 2.05) is 0 Å². The van der Waals surface area contributed by atoms with Crippen LogP contribution in [-0.4, -0.2) is 36.1 Å². The highest BCUT2D eigenvalue weighted by Crippen LogP contribution is 2.19. The molecule has 0 aromatic heterocycles. The van der Waals surface area contributed by atoms with Gasteiger partial charge in [-0.3, -0.25) is 19.7 Å². The van der Waals surface area contributed by atoms with Crippen molar-refractivity contribution < 1.29 is 32.4 Å². The average molecular weight is 439 g/mol. The molecule has 31 heavy (non-hydrogen) atoms. The molecule has 11 heteroatoms. The topological polar surface area (TPSA) is 111 Å². The van der Waals surface area contributed by atoms with Crippen molar-refractivity contribution in [2.24, 2.45) is 0 Å². The van der Waals surface area contributed by atoms with Crippen molar-refractivity contribution in [3.8, 4) is 0 Å². The van der Waals surface area contributed by atoms with Crippen LogP contribution in [0.4, 0.5) is 18.9 Å². The summed E-state index contributed by atoms with van der Waals surface area (Å²) in [6.45, 7) is -0.143. The van der Waals surface area contributed by atoms with E-state index >= 15 is 0 Å². The molecule has 0 aliphatic heterocycles. The van der Waals surface area contributed by atoms with Gasteiger partial charge in [-0.05, 0) is 24.1 Å². The SMILES string of the molecule is Cc1ccc(C(=O)NCC(=O)NCc2ccc(COCC(F)(F)F)cc2)cc1[N+](=O)[O-]. The summed E-state index contributed by atoms with van der Waals surface area (Å²) in [4.78, 5) is 34.4. The van der Waals surface area contributed by atoms with E-state index in [0.29, 0.717) is 16.7 Å². The molecule has 0 bridgehead atoms.